The predicted octanol–water partition coefficient (Wildman–Crippen LogP) is 2.04. The number of carbonyl (C=O) groups excluding carboxylic acids is 3. The van der Waals surface area contributed by atoms with Crippen molar-refractivity contribution >= 4 is 46.0 Å². The standard InChI is InChI=1S/C21H21ClN4O5/c1-2-31-19(28)11-26-18-9-16(8-5-14(18)10-23-26)24-20(29)21(30)25-17(12-27)13-3-6-15(22)7-4-13/h3-10,17,27H,2,11-12H2,1H3,(H,24,29)(H,25,30). The Morgan fingerprint density at radius 3 is 2.58 bits per heavy atom. The van der Waals surface area contributed by atoms with E-state index in [1.165, 1.54) is 4.68 Å². The second-order valence-electron chi connectivity index (χ2n) is 6.60. The van der Waals surface area contributed by atoms with Gasteiger partial charge in [-0.25, -0.2) is 0 Å². The van der Waals surface area contributed by atoms with Crippen LogP contribution in [0.4, 0.5) is 5.69 Å². The van der Waals surface area contributed by atoms with Gasteiger partial charge in [-0.1, -0.05) is 23.7 Å². The summed E-state index contributed by atoms with van der Waals surface area (Å²) in [5, 5.41) is 20.0. The normalized spacial score (nSPS) is 11.7. The number of carbonyl (C=O) groups is 3. The molecular formula is C21H21ClN4O5. The maximum absolute atomic E-state index is 12.3. The summed E-state index contributed by atoms with van der Waals surface area (Å²) in [5.74, 6) is -2.24. The number of aliphatic hydroxyl groups excluding tert-OH is 1. The highest BCUT2D eigenvalue weighted by Crippen LogP contribution is 2.20. The van der Waals surface area contributed by atoms with Crippen LogP contribution in [0.1, 0.15) is 18.5 Å². The fraction of sp³-hybridized carbons (Fsp3) is 0.238. The quantitative estimate of drug-likeness (QED) is 0.378. The van der Waals surface area contributed by atoms with Crippen molar-refractivity contribution < 1.29 is 24.2 Å². The number of ether oxygens (including phenoxy) is 1. The highest BCUT2D eigenvalue weighted by Gasteiger charge is 2.20. The molecule has 2 amide bonds. The van der Waals surface area contributed by atoms with Crippen molar-refractivity contribution in [3.63, 3.8) is 0 Å². The van der Waals surface area contributed by atoms with Crippen LogP contribution >= 0.6 is 11.6 Å². The zero-order valence-electron chi connectivity index (χ0n) is 16.7. The Morgan fingerprint density at radius 1 is 1.16 bits per heavy atom. The first-order valence-electron chi connectivity index (χ1n) is 9.50. The molecule has 9 nitrogen and oxygen atoms in total. The number of esters is 1. The van der Waals surface area contributed by atoms with Gasteiger partial charge in [0.2, 0.25) is 0 Å². The second kappa shape index (κ2) is 10.1. The molecule has 162 valence electrons. The van der Waals surface area contributed by atoms with Gasteiger partial charge in [-0.3, -0.25) is 19.1 Å². The second-order valence-corrected chi connectivity index (χ2v) is 7.03. The van der Waals surface area contributed by atoms with Crippen molar-refractivity contribution in [2.45, 2.75) is 19.5 Å². The van der Waals surface area contributed by atoms with Gasteiger partial charge in [-0.05, 0) is 42.8 Å². The van der Waals surface area contributed by atoms with E-state index < -0.39 is 23.8 Å². The van der Waals surface area contributed by atoms with Crippen LogP contribution in [0.2, 0.25) is 5.02 Å². The molecule has 3 rings (SSSR count). The monoisotopic (exact) mass is 444 g/mol. The number of aromatic nitrogens is 2. The van der Waals surface area contributed by atoms with E-state index in [2.05, 4.69) is 15.7 Å². The van der Waals surface area contributed by atoms with Crippen molar-refractivity contribution in [3.05, 3.63) is 59.2 Å². The van der Waals surface area contributed by atoms with E-state index in [0.717, 1.165) is 5.39 Å². The fourth-order valence-corrected chi connectivity index (χ4v) is 3.07. The molecule has 0 fully saturated rings. The van der Waals surface area contributed by atoms with Gasteiger partial charge in [0, 0.05) is 16.1 Å². The minimum atomic E-state index is -0.908. The van der Waals surface area contributed by atoms with Gasteiger partial charge in [0.1, 0.15) is 6.54 Å². The molecule has 0 aliphatic heterocycles. The van der Waals surface area contributed by atoms with E-state index in [1.807, 2.05) is 0 Å². The lowest BCUT2D eigenvalue weighted by molar-refractivity contribution is -0.143. The largest absolute Gasteiger partial charge is 0.465 e. The molecule has 1 atom stereocenters. The molecule has 0 aliphatic carbocycles. The number of hydrogen-bond acceptors (Lipinski definition) is 6. The zero-order chi connectivity index (χ0) is 22.4. The molecule has 2 aromatic carbocycles. The van der Waals surface area contributed by atoms with Crippen molar-refractivity contribution in [1.29, 1.82) is 0 Å². The van der Waals surface area contributed by atoms with Gasteiger partial charge in [0.05, 0.1) is 31.0 Å². The van der Waals surface area contributed by atoms with E-state index in [4.69, 9.17) is 16.3 Å². The molecule has 3 aromatic rings. The zero-order valence-corrected chi connectivity index (χ0v) is 17.4. The smallest absolute Gasteiger partial charge is 0.327 e. The molecule has 10 heteroatoms. The molecule has 1 unspecified atom stereocenters. The number of amides is 2. The van der Waals surface area contributed by atoms with Crippen LogP contribution in [0.5, 0.6) is 0 Å². The molecule has 0 spiro atoms. The average Bonchev–Trinajstić information content (AvgIpc) is 3.14. The van der Waals surface area contributed by atoms with Crippen LogP contribution in [0, 0.1) is 0 Å². The van der Waals surface area contributed by atoms with Crippen LogP contribution in [0.25, 0.3) is 10.9 Å². The molecule has 3 N–H and O–H groups in total. The van der Waals surface area contributed by atoms with Crippen molar-refractivity contribution in [2.75, 3.05) is 18.5 Å². The van der Waals surface area contributed by atoms with E-state index in [1.54, 1.807) is 55.6 Å². The first-order valence-corrected chi connectivity index (χ1v) is 9.88. The van der Waals surface area contributed by atoms with Gasteiger partial charge in [0.25, 0.3) is 0 Å². The molecule has 31 heavy (non-hydrogen) atoms. The summed E-state index contributed by atoms with van der Waals surface area (Å²) in [6.07, 6.45) is 1.59. The lowest BCUT2D eigenvalue weighted by Crippen LogP contribution is -2.39. The van der Waals surface area contributed by atoms with E-state index in [9.17, 15) is 19.5 Å². The highest BCUT2D eigenvalue weighted by molar-refractivity contribution is 6.39. The molecule has 0 aliphatic rings. The van der Waals surface area contributed by atoms with Crippen molar-refractivity contribution in [1.82, 2.24) is 15.1 Å². The molecule has 0 saturated heterocycles. The summed E-state index contributed by atoms with van der Waals surface area (Å²) in [6.45, 7) is 1.51. The van der Waals surface area contributed by atoms with Gasteiger partial charge in [-0.2, -0.15) is 5.10 Å². The number of aliphatic hydroxyl groups is 1. The van der Waals surface area contributed by atoms with E-state index >= 15 is 0 Å². The van der Waals surface area contributed by atoms with Crippen molar-refractivity contribution in [3.8, 4) is 0 Å². The third-order valence-electron chi connectivity index (χ3n) is 4.45. The van der Waals surface area contributed by atoms with Crippen LogP contribution in [-0.2, 0) is 25.7 Å². The highest BCUT2D eigenvalue weighted by atomic mass is 35.5. The number of halogens is 1. The number of rotatable bonds is 7. The van der Waals surface area contributed by atoms with Crippen molar-refractivity contribution in [2.24, 2.45) is 0 Å². The Bertz CT molecular complexity index is 1100. The number of benzene rings is 2. The first-order chi connectivity index (χ1) is 14.9. The van der Waals surface area contributed by atoms with Gasteiger partial charge >= 0.3 is 17.8 Å². The van der Waals surface area contributed by atoms with Crippen LogP contribution < -0.4 is 10.6 Å². The topological polar surface area (TPSA) is 123 Å². The molecule has 1 aromatic heterocycles. The van der Waals surface area contributed by atoms with Crippen LogP contribution in [0.3, 0.4) is 0 Å². The number of anilines is 1. The minimum absolute atomic E-state index is 0.0749. The Hall–Kier alpha value is -3.43. The Labute approximate surface area is 182 Å². The maximum atomic E-state index is 12.3. The Kier molecular flexibility index (Phi) is 7.22. The van der Waals surface area contributed by atoms with Crippen LogP contribution in [0.15, 0.2) is 48.7 Å². The third kappa shape index (κ3) is 5.59. The summed E-state index contributed by atoms with van der Waals surface area (Å²) in [4.78, 5) is 36.4. The lowest BCUT2D eigenvalue weighted by atomic mass is 10.1. The fourth-order valence-electron chi connectivity index (χ4n) is 2.94. The van der Waals surface area contributed by atoms with Gasteiger partial charge < -0.3 is 20.5 Å². The maximum Gasteiger partial charge on any atom is 0.327 e. The van der Waals surface area contributed by atoms with E-state index in [0.29, 0.717) is 21.8 Å². The van der Waals surface area contributed by atoms with E-state index in [-0.39, 0.29) is 19.8 Å². The summed E-state index contributed by atoms with van der Waals surface area (Å²) in [7, 11) is 0. The molecular weight excluding hydrogens is 424 g/mol. The molecule has 0 bridgehead atoms. The summed E-state index contributed by atoms with van der Waals surface area (Å²) in [5.41, 5.74) is 1.56. The van der Waals surface area contributed by atoms with Gasteiger partial charge in [-0.15, -0.1) is 0 Å². The first kappa shape index (κ1) is 22.3. The molecule has 0 radical (unpaired) electrons. The lowest BCUT2D eigenvalue weighted by Gasteiger charge is -2.16. The number of nitrogens with one attached hydrogen (secondary N) is 2. The van der Waals surface area contributed by atoms with Crippen LogP contribution in [-0.4, -0.2) is 45.9 Å². The number of hydrogen-bond donors (Lipinski definition) is 3. The minimum Gasteiger partial charge on any atom is -0.465 e. The Balaban J connectivity index is 1.69. The Morgan fingerprint density at radius 2 is 1.90 bits per heavy atom. The SMILES string of the molecule is CCOC(=O)Cn1ncc2ccc(NC(=O)C(=O)NC(CO)c3ccc(Cl)cc3)cc21. The summed E-state index contributed by atoms with van der Waals surface area (Å²) in [6, 6.07) is 10.7. The number of fused-ring (bicyclic) bond motifs is 1. The average molecular weight is 445 g/mol. The predicted molar refractivity (Wildman–Crippen MR) is 114 cm³/mol. The third-order valence-corrected chi connectivity index (χ3v) is 4.71. The summed E-state index contributed by atoms with van der Waals surface area (Å²) >= 11 is 5.85. The van der Waals surface area contributed by atoms with Gasteiger partial charge in [0.15, 0.2) is 0 Å². The number of nitrogens with zero attached hydrogens (tertiary/aromatic N) is 2. The summed E-state index contributed by atoms with van der Waals surface area (Å²) < 4.78 is 6.38. The molecule has 1 heterocycles. The molecule has 0 saturated carbocycles.